The standard InChI is InChI=1S/C28H45NO7Si/c1-11-34-25(30)28(26(31)35-12-2)18(3)21(17-36-37(9,10)27(4,5)6)24-20-16-23(33-8)22(32-7)15-19(20)13-14-29(24)28/h15-16,18,21,24H,11-14,17H2,1-10H3/t18-,21-,24-/m1/s1. The van der Waals surface area contributed by atoms with Gasteiger partial charge in [0, 0.05) is 31.0 Å². The lowest BCUT2D eigenvalue weighted by atomic mass is 9.79. The van der Waals surface area contributed by atoms with Gasteiger partial charge in [0.15, 0.2) is 19.8 Å². The summed E-state index contributed by atoms with van der Waals surface area (Å²) in [5.41, 5.74) is 0.588. The Hall–Kier alpha value is -2.10. The van der Waals surface area contributed by atoms with Gasteiger partial charge in [0.25, 0.3) is 0 Å². The lowest BCUT2D eigenvalue weighted by Gasteiger charge is -2.42. The fourth-order valence-electron chi connectivity index (χ4n) is 5.61. The van der Waals surface area contributed by atoms with Gasteiger partial charge in [0.2, 0.25) is 5.54 Å². The van der Waals surface area contributed by atoms with Gasteiger partial charge in [0.1, 0.15) is 0 Å². The highest BCUT2D eigenvalue weighted by molar-refractivity contribution is 6.74. The summed E-state index contributed by atoms with van der Waals surface area (Å²) in [6.45, 7) is 17.8. The number of rotatable bonds is 9. The molecular weight excluding hydrogens is 490 g/mol. The van der Waals surface area contributed by atoms with E-state index in [-0.39, 0.29) is 30.2 Å². The molecule has 1 aromatic rings. The number of methoxy groups -OCH3 is 2. The molecule has 0 bridgehead atoms. The monoisotopic (exact) mass is 535 g/mol. The normalized spacial score (nSPS) is 23.1. The van der Waals surface area contributed by atoms with Gasteiger partial charge in [-0.05, 0) is 61.7 Å². The third kappa shape index (κ3) is 4.90. The average Bonchev–Trinajstić information content (AvgIpc) is 3.10. The summed E-state index contributed by atoms with van der Waals surface area (Å²) in [6.07, 6.45) is 0.648. The van der Waals surface area contributed by atoms with Crippen LogP contribution in [0.1, 0.15) is 58.7 Å². The Morgan fingerprint density at radius 1 is 1.03 bits per heavy atom. The third-order valence-corrected chi connectivity index (χ3v) is 13.2. The van der Waals surface area contributed by atoms with Gasteiger partial charge in [-0.1, -0.05) is 27.7 Å². The summed E-state index contributed by atoms with van der Waals surface area (Å²) < 4.78 is 29.1. The Morgan fingerprint density at radius 2 is 1.57 bits per heavy atom. The van der Waals surface area contributed by atoms with Crippen molar-refractivity contribution in [3.05, 3.63) is 23.3 Å². The Labute approximate surface area is 223 Å². The predicted octanol–water partition coefficient (Wildman–Crippen LogP) is 4.76. The van der Waals surface area contributed by atoms with Crippen LogP contribution in [0.3, 0.4) is 0 Å². The minimum Gasteiger partial charge on any atom is -0.493 e. The number of nitrogens with zero attached hydrogens (tertiary/aromatic N) is 1. The van der Waals surface area contributed by atoms with E-state index in [2.05, 4.69) is 33.9 Å². The van der Waals surface area contributed by atoms with E-state index in [0.717, 1.165) is 11.1 Å². The van der Waals surface area contributed by atoms with E-state index in [1.807, 2.05) is 24.0 Å². The van der Waals surface area contributed by atoms with Crippen molar-refractivity contribution in [2.45, 2.75) is 77.7 Å². The zero-order valence-corrected chi connectivity index (χ0v) is 25.2. The number of ether oxygens (including phenoxy) is 4. The molecule has 1 saturated heterocycles. The molecule has 9 heteroatoms. The Balaban J connectivity index is 2.21. The van der Waals surface area contributed by atoms with Crippen LogP contribution in [0.5, 0.6) is 11.5 Å². The summed E-state index contributed by atoms with van der Waals surface area (Å²) in [7, 11) is 1.13. The molecule has 0 aromatic heterocycles. The first-order valence-electron chi connectivity index (χ1n) is 13.3. The van der Waals surface area contributed by atoms with Gasteiger partial charge in [-0.2, -0.15) is 0 Å². The van der Waals surface area contributed by atoms with Crippen LogP contribution in [0.2, 0.25) is 18.1 Å². The molecule has 2 aliphatic rings. The van der Waals surface area contributed by atoms with Crippen LogP contribution in [0.4, 0.5) is 0 Å². The molecule has 0 unspecified atom stereocenters. The SMILES string of the molecule is CCOC(=O)C1(C(=O)OCC)[C@H](C)[C@@H](CO[Si](C)(C)C(C)(C)C)[C@H]2c3cc(OC)c(OC)cc3CCN21. The van der Waals surface area contributed by atoms with Crippen LogP contribution in [0, 0.1) is 11.8 Å². The molecule has 2 heterocycles. The smallest absolute Gasteiger partial charge is 0.338 e. The van der Waals surface area contributed by atoms with E-state index in [4.69, 9.17) is 23.4 Å². The predicted molar refractivity (Wildman–Crippen MR) is 144 cm³/mol. The van der Waals surface area contributed by atoms with Gasteiger partial charge in [-0.15, -0.1) is 0 Å². The van der Waals surface area contributed by atoms with Gasteiger partial charge >= 0.3 is 11.9 Å². The summed E-state index contributed by atoms with van der Waals surface area (Å²) >= 11 is 0. The summed E-state index contributed by atoms with van der Waals surface area (Å²) in [6, 6.07) is 3.75. The molecule has 3 rings (SSSR count). The maximum atomic E-state index is 13.7. The number of carbonyl (C=O) groups is 2. The average molecular weight is 536 g/mol. The number of fused-ring (bicyclic) bond motifs is 3. The van der Waals surface area contributed by atoms with E-state index in [1.54, 1.807) is 28.1 Å². The first-order valence-corrected chi connectivity index (χ1v) is 16.2. The molecular formula is C28H45NO7Si. The minimum absolute atomic E-state index is 0.0228. The fourth-order valence-corrected chi connectivity index (χ4v) is 6.65. The summed E-state index contributed by atoms with van der Waals surface area (Å²) in [5.74, 6) is -0.379. The maximum absolute atomic E-state index is 13.7. The molecule has 3 atom stereocenters. The zero-order chi connectivity index (χ0) is 27.8. The van der Waals surface area contributed by atoms with Crippen LogP contribution >= 0.6 is 0 Å². The van der Waals surface area contributed by atoms with Crippen LogP contribution in [-0.4, -0.2) is 71.3 Å². The molecule has 0 amide bonds. The van der Waals surface area contributed by atoms with Crippen molar-refractivity contribution in [2.24, 2.45) is 11.8 Å². The molecule has 37 heavy (non-hydrogen) atoms. The van der Waals surface area contributed by atoms with E-state index >= 15 is 0 Å². The molecule has 208 valence electrons. The van der Waals surface area contributed by atoms with Gasteiger partial charge in [-0.25, -0.2) is 9.59 Å². The van der Waals surface area contributed by atoms with Crippen molar-refractivity contribution >= 4 is 20.3 Å². The fraction of sp³-hybridized carbons (Fsp3) is 0.714. The molecule has 8 nitrogen and oxygen atoms in total. The van der Waals surface area contributed by atoms with E-state index in [1.165, 1.54) is 0 Å². The molecule has 0 N–H and O–H groups in total. The first kappa shape index (κ1) is 29.5. The number of carbonyl (C=O) groups excluding carboxylic acids is 2. The summed E-state index contributed by atoms with van der Waals surface area (Å²) in [5, 5.41) is 0.0228. The highest BCUT2D eigenvalue weighted by Gasteiger charge is 2.68. The van der Waals surface area contributed by atoms with Crippen molar-refractivity contribution in [3.63, 3.8) is 0 Å². The van der Waals surface area contributed by atoms with Crippen LogP contribution in [0.15, 0.2) is 12.1 Å². The number of hydrogen-bond acceptors (Lipinski definition) is 8. The molecule has 0 radical (unpaired) electrons. The van der Waals surface area contributed by atoms with Gasteiger partial charge in [-0.3, -0.25) is 4.90 Å². The molecule has 0 aliphatic carbocycles. The highest BCUT2D eigenvalue weighted by Crippen LogP contribution is 2.56. The Morgan fingerprint density at radius 3 is 2.05 bits per heavy atom. The third-order valence-electron chi connectivity index (χ3n) is 8.70. The highest BCUT2D eigenvalue weighted by atomic mass is 28.4. The quantitative estimate of drug-likeness (QED) is 0.254. The van der Waals surface area contributed by atoms with E-state index in [9.17, 15) is 9.59 Å². The molecule has 2 aliphatic heterocycles. The van der Waals surface area contributed by atoms with Crippen molar-refractivity contribution in [3.8, 4) is 11.5 Å². The summed E-state index contributed by atoms with van der Waals surface area (Å²) in [4.78, 5) is 29.5. The minimum atomic E-state index is -2.11. The van der Waals surface area contributed by atoms with Crippen molar-refractivity contribution in [2.75, 3.05) is 40.6 Å². The molecule has 1 fully saturated rings. The molecule has 1 aromatic carbocycles. The molecule has 0 saturated carbocycles. The lowest BCUT2D eigenvalue weighted by Crippen LogP contribution is -2.62. The van der Waals surface area contributed by atoms with Crippen LogP contribution < -0.4 is 9.47 Å². The second-order valence-corrected chi connectivity index (χ2v) is 16.3. The lowest BCUT2D eigenvalue weighted by molar-refractivity contribution is -0.177. The van der Waals surface area contributed by atoms with Crippen molar-refractivity contribution < 1.29 is 33.0 Å². The Bertz CT molecular complexity index is 985. The van der Waals surface area contributed by atoms with Crippen molar-refractivity contribution in [1.82, 2.24) is 4.90 Å². The second-order valence-electron chi connectivity index (χ2n) is 11.5. The number of esters is 2. The zero-order valence-electron chi connectivity index (χ0n) is 24.2. The van der Waals surface area contributed by atoms with Gasteiger partial charge in [0.05, 0.1) is 27.4 Å². The Kier molecular flexibility index (Phi) is 8.71. The van der Waals surface area contributed by atoms with E-state index in [0.29, 0.717) is 31.1 Å². The first-order chi connectivity index (χ1) is 17.3. The van der Waals surface area contributed by atoms with Gasteiger partial charge < -0.3 is 23.4 Å². The molecule has 0 spiro atoms. The largest absolute Gasteiger partial charge is 0.493 e. The van der Waals surface area contributed by atoms with Crippen molar-refractivity contribution in [1.29, 1.82) is 0 Å². The topological polar surface area (TPSA) is 83.5 Å². The second kappa shape index (κ2) is 10.9. The number of benzene rings is 1. The van der Waals surface area contributed by atoms with Crippen LogP contribution in [0.25, 0.3) is 0 Å². The van der Waals surface area contributed by atoms with Crippen LogP contribution in [-0.2, 0) is 29.9 Å². The number of hydrogen-bond donors (Lipinski definition) is 0. The van der Waals surface area contributed by atoms with E-state index < -0.39 is 31.7 Å². The maximum Gasteiger partial charge on any atom is 0.338 e.